The molecule has 8 heteroatoms. The highest BCUT2D eigenvalue weighted by atomic mass is 35.5. The number of carbonyl (C=O) groups excluding carboxylic acids is 1. The molecule has 3 aromatic carbocycles. The molecule has 6 nitrogen and oxygen atoms in total. The van der Waals surface area contributed by atoms with Crippen LogP contribution in [0.3, 0.4) is 0 Å². The fourth-order valence-electron chi connectivity index (χ4n) is 4.30. The predicted molar refractivity (Wildman–Crippen MR) is 145 cm³/mol. The third-order valence-electron chi connectivity index (χ3n) is 6.34. The average Bonchev–Trinajstić information content (AvgIpc) is 2.89. The Kier molecular flexibility index (Phi) is 8.62. The number of nitriles is 1. The van der Waals surface area contributed by atoms with Gasteiger partial charge in [0.1, 0.15) is 6.04 Å². The second-order valence-corrected chi connectivity index (χ2v) is 9.70. The van der Waals surface area contributed by atoms with Gasteiger partial charge >= 0.3 is 5.97 Å². The van der Waals surface area contributed by atoms with Crippen LogP contribution in [0.25, 0.3) is 5.57 Å². The summed E-state index contributed by atoms with van der Waals surface area (Å²) >= 11 is 12.2. The largest absolute Gasteiger partial charge is 0.480 e. The van der Waals surface area contributed by atoms with Crippen molar-refractivity contribution in [3.63, 3.8) is 0 Å². The second-order valence-electron chi connectivity index (χ2n) is 8.89. The predicted octanol–water partition coefficient (Wildman–Crippen LogP) is 5.58. The minimum atomic E-state index is -1.14. The minimum absolute atomic E-state index is 0.0601. The molecule has 1 aliphatic heterocycles. The molecule has 1 heterocycles. The molecule has 1 atom stereocenters. The number of carbonyl (C=O) groups is 2. The number of hydrogen-bond acceptors (Lipinski definition) is 4. The maximum atomic E-state index is 12.7. The van der Waals surface area contributed by atoms with Crippen molar-refractivity contribution in [3.05, 3.63) is 111 Å². The summed E-state index contributed by atoms with van der Waals surface area (Å²) in [7, 11) is 0. The Hall–Kier alpha value is -3.63. The topological polar surface area (TPSA) is 93.4 Å². The molecule has 0 fully saturated rings. The lowest BCUT2D eigenvalue weighted by Crippen LogP contribution is -2.42. The maximum absolute atomic E-state index is 12.7. The number of amides is 1. The summed E-state index contributed by atoms with van der Waals surface area (Å²) in [5, 5.41) is 21.5. The van der Waals surface area contributed by atoms with Crippen molar-refractivity contribution in [2.45, 2.75) is 25.4 Å². The van der Waals surface area contributed by atoms with Gasteiger partial charge in [-0.15, -0.1) is 0 Å². The average molecular weight is 534 g/mol. The molecule has 0 radical (unpaired) electrons. The zero-order chi connectivity index (χ0) is 26.4. The van der Waals surface area contributed by atoms with E-state index in [9.17, 15) is 14.7 Å². The van der Waals surface area contributed by atoms with Crippen LogP contribution < -0.4 is 5.32 Å². The Morgan fingerprint density at radius 1 is 1.00 bits per heavy atom. The first-order chi connectivity index (χ1) is 17.8. The molecule has 0 spiro atoms. The summed E-state index contributed by atoms with van der Waals surface area (Å²) < 4.78 is 0. The quantitative estimate of drug-likeness (QED) is 0.394. The monoisotopic (exact) mass is 533 g/mol. The molecule has 0 bridgehead atoms. The lowest BCUT2D eigenvalue weighted by molar-refractivity contribution is -0.139. The third-order valence-corrected chi connectivity index (χ3v) is 6.97. The molecule has 1 aliphatic rings. The SMILES string of the molecule is N#Cc1ccc(CN2CC=C(c3ccc(C[C@H](NC(=O)c4c(Cl)cccc4Cl)C(=O)O)cc3)CC2)cc1. The van der Waals surface area contributed by atoms with Crippen LogP contribution in [0.5, 0.6) is 0 Å². The van der Waals surface area contributed by atoms with Crippen LogP contribution in [0.2, 0.25) is 10.0 Å². The summed E-state index contributed by atoms with van der Waals surface area (Å²) in [6, 6.07) is 21.1. The molecular weight excluding hydrogens is 509 g/mol. The van der Waals surface area contributed by atoms with Gasteiger partial charge in [0.25, 0.3) is 5.91 Å². The van der Waals surface area contributed by atoms with E-state index in [1.54, 1.807) is 6.07 Å². The lowest BCUT2D eigenvalue weighted by atomic mass is 9.96. The highest BCUT2D eigenvalue weighted by molar-refractivity contribution is 6.39. The summed E-state index contributed by atoms with van der Waals surface area (Å²) in [5.41, 5.74) is 5.04. The molecular formula is C29H25Cl2N3O3. The van der Waals surface area contributed by atoms with Crippen molar-refractivity contribution in [2.75, 3.05) is 13.1 Å². The van der Waals surface area contributed by atoms with E-state index in [0.29, 0.717) is 5.56 Å². The van der Waals surface area contributed by atoms with E-state index < -0.39 is 17.9 Å². The number of benzene rings is 3. The van der Waals surface area contributed by atoms with E-state index >= 15 is 0 Å². The van der Waals surface area contributed by atoms with E-state index in [1.165, 1.54) is 23.3 Å². The van der Waals surface area contributed by atoms with Crippen LogP contribution in [-0.4, -0.2) is 41.0 Å². The zero-order valence-electron chi connectivity index (χ0n) is 20.0. The summed E-state index contributed by atoms with van der Waals surface area (Å²) in [6.07, 6.45) is 3.25. The first-order valence-electron chi connectivity index (χ1n) is 11.8. The van der Waals surface area contributed by atoms with Crippen LogP contribution in [-0.2, 0) is 17.8 Å². The molecule has 188 valence electrons. The smallest absolute Gasteiger partial charge is 0.326 e. The third kappa shape index (κ3) is 6.78. The number of halogens is 2. The van der Waals surface area contributed by atoms with Gasteiger partial charge in [0.05, 0.1) is 27.2 Å². The summed E-state index contributed by atoms with van der Waals surface area (Å²) in [6.45, 7) is 2.58. The Labute approximate surface area is 225 Å². The molecule has 0 aromatic heterocycles. The Morgan fingerprint density at radius 3 is 2.22 bits per heavy atom. The van der Waals surface area contributed by atoms with Crippen LogP contribution in [0, 0.1) is 11.3 Å². The molecule has 37 heavy (non-hydrogen) atoms. The Bertz CT molecular complexity index is 1340. The van der Waals surface area contributed by atoms with Gasteiger partial charge in [-0.25, -0.2) is 4.79 Å². The number of nitrogens with zero attached hydrogens (tertiary/aromatic N) is 2. The Balaban J connectivity index is 1.36. The molecule has 0 saturated carbocycles. The van der Waals surface area contributed by atoms with Crippen molar-refractivity contribution in [3.8, 4) is 6.07 Å². The number of nitrogens with one attached hydrogen (secondary N) is 1. The van der Waals surface area contributed by atoms with Crippen molar-refractivity contribution in [1.29, 1.82) is 5.26 Å². The zero-order valence-corrected chi connectivity index (χ0v) is 21.5. The van der Waals surface area contributed by atoms with Crippen molar-refractivity contribution >= 4 is 40.7 Å². The molecule has 4 rings (SSSR count). The summed E-state index contributed by atoms with van der Waals surface area (Å²) in [5.74, 6) is -1.77. The number of rotatable bonds is 8. The normalized spacial score (nSPS) is 14.4. The molecule has 2 N–H and O–H groups in total. The fraction of sp³-hybridized carbons (Fsp3) is 0.207. The lowest BCUT2D eigenvalue weighted by Gasteiger charge is -2.26. The number of carboxylic acids is 1. The second kappa shape index (κ2) is 12.1. The minimum Gasteiger partial charge on any atom is -0.480 e. The summed E-state index contributed by atoms with van der Waals surface area (Å²) in [4.78, 5) is 26.8. The van der Waals surface area contributed by atoms with Gasteiger partial charge in [0, 0.05) is 26.1 Å². The number of carboxylic acid groups (broad SMARTS) is 1. The standard InChI is InChI=1S/C29H25Cl2N3O3/c30-24-2-1-3-25(31)27(24)28(35)33-26(29(36)37)16-19-8-10-22(11-9-19)23-12-14-34(15-13-23)18-21-6-4-20(17-32)5-7-21/h1-12,26H,13-16,18H2,(H,33,35)(H,36,37)/t26-/m0/s1. The van der Waals surface area contributed by atoms with Crippen LogP contribution in [0.15, 0.2) is 72.8 Å². The van der Waals surface area contributed by atoms with Gasteiger partial charge in [0.2, 0.25) is 0 Å². The van der Waals surface area contributed by atoms with E-state index in [2.05, 4.69) is 22.4 Å². The van der Waals surface area contributed by atoms with Gasteiger partial charge in [-0.1, -0.05) is 71.7 Å². The number of aliphatic carboxylic acids is 1. The van der Waals surface area contributed by atoms with Gasteiger partial charge in [0.15, 0.2) is 0 Å². The number of hydrogen-bond donors (Lipinski definition) is 2. The molecule has 0 saturated heterocycles. The van der Waals surface area contributed by atoms with Gasteiger partial charge < -0.3 is 10.4 Å². The van der Waals surface area contributed by atoms with Gasteiger partial charge in [-0.05, 0) is 52.9 Å². The maximum Gasteiger partial charge on any atom is 0.326 e. The molecule has 1 amide bonds. The van der Waals surface area contributed by atoms with E-state index in [-0.39, 0.29) is 22.0 Å². The van der Waals surface area contributed by atoms with Crippen LogP contribution in [0.4, 0.5) is 0 Å². The highest BCUT2D eigenvalue weighted by Gasteiger charge is 2.24. The molecule has 0 aliphatic carbocycles. The van der Waals surface area contributed by atoms with Crippen molar-refractivity contribution in [1.82, 2.24) is 10.2 Å². The molecule has 0 unspecified atom stereocenters. The van der Waals surface area contributed by atoms with Gasteiger partial charge in [-0.3, -0.25) is 9.69 Å². The Morgan fingerprint density at radius 2 is 1.65 bits per heavy atom. The van der Waals surface area contributed by atoms with Crippen LogP contribution >= 0.6 is 23.2 Å². The van der Waals surface area contributed by atoms with E-state index in [4.69, 9.17) is 28.5 Å². The van der Waals surface area contributed by atoms with Crippen molar-refractivity contribution in [2.24, 2.45) is 0 Å². The van der Waals surface area contributed by atoms with E-state index in [0.717, 1.165) is 37.2 Å². The highest BCUT2D eigenvalue weighted by Crippen LogP contribution is 2.25. The van der Waals surface area contributed by atoms with Gasteiger partial charge in [-0.2, -0.15) is 5.26 Å². The first-order valence-corrected chi connectivity index (χ1v) is 12.6. The fourth-order valence-corrected chi connectivity index (χ4v) is 4.86. The molecule has 3 aromatic rings. The van der Waals surface area contributed by atoms with Crippen LogP contribution in [0.1, 0.15) is 39.0 Å². The van der Waals surface area contributed by atoms with Crippen molar-refractivity contribution < 1.29 is 14.7 Å². The van der Waals surface area contributed by atoms with E-state index in [1.807, 2.05) is 48.5 Å². The first kappa shape index (κ1) is 26.4.